The number of rotatable bonds is 8. The van der Waals surface area contributed by atoms with Crippen molar-refractivity contribution < 1.29 is 27.5 Å². The molecule has 0 unspecified atom stereocenters. The number of carbonyl (C=O) groups excluding carboxylic acids is 2. The second-order valence-electron chi connectivity index (χ2n) is 7.62. The van der Waals surface area contributed by atoms with Gasteiger partial charge in [-0.15, -0.1) is 0 Å². The van der Waals surface area contributed by atoms with Crippen LogP contribution in [-0.2, 0) is 19.6 Å². The van der Waals surface area contributed by atoms with E-state index in [1.807, 2.05) is 0 Å². The van der Waals surface area contributed by atoms with Crippen molar-refractivity contribution >= 4 is 27.5 Å². The normalized spacial score (nSPS) is 16.9. The van der Waals surface area contributed by atoms with Gasteiger partial charge in [0.25, 0.3) is 11.8 Å². The van der Waals surface area contributed by atoms with Gasteiger partial charge >= 0.3 is 0 Å². The minimum atomic E-state index is -3.59. The first kappa shape index (κ1) is 22.3. The SMILES string of the molecule is O=C(COc1ccc(S(=O)(=O)N2CCOCC2)cc1)Nc1ccccc1C(=O)NC1CC1. The molecule has 170 valence electrons. The maximum Gasteiger partial charge on any atom is 0.262 e. The number of hydrogen-bond donors (Lipinski definition) is 2. The van der Waals surface area contributed by atoms with Crippen molar-refractivity contribution in [3.05, 3.63) is 54.1 Å². The van der Waals surface area contributed by atoms with Gasteiger partial charge in [-0.05, 0) is 49.2 Å². The molecule has 2 fully saturated rings. The molecule has 2 aliphatic rings. The van der Waals surface area contributed by atoms with Crippen LogP contribution in [0.25, 0.3) is 0 Å². The number of carbonyl (C=O) groups is 2. The Morgan fingerprint density at radius 2 is 1.72 bits per heavy atom. The van der Waals surface area contributed by atoms with E-state index in [0.717, 1.165) is 12.8 Å². The van der Waals surface area contributed by atoms with E-state index >= 15 is 0 Å². The molecule has 1 aliphatic heterocycles. The first-order chi connectivity index (χ1) is 15.4. The average molecular weight is 460 g/mol. The molecule has 2 amide bonds. The zero-order chi connectivity index (χ0) is 22.6. The molecular formula is C22H25N3O6S. The van der Waals surface area contributed by atoms with Crippen LogP contribution in [0.3, 0.4) is 0 Å². The predicted octanol–water partition coefficient (Wildman–Crippen LogP) is 1.62. The van der Waals surface area contributed by atoms with Crippen LogP contribution in [0.2, 0.25) is 0 Å². The minimum Gasteiger partial charge on any atom is -0.484 e. The lowest BCUT2D eigenvalue weighted by molar-refractivity contribution is -0.118. The van der Waals surface area contributed by atoms with E-state index in [-0.39, 0.29) is 23.5 Å². The molecule has 10 heteroatoms. The highest BCUT2D eigenvalue weighted by atomic mass is 32.2. The fraction of sp³-hybridized carbons (Fsp3) is 0.364. The van der Waals surface area contributed by atoms with Gasteiger partial charge in [0.2, 0.25) is 10.0 Å². The monoisotopic (exact) mass is 459 g/mol. The van der Waals surface area contributed by atoms with Crippen molar-refractivity contribution in [1.29, 1.82) is 0 Å². The number of sulfonamides is 1. The minimum absolute atomic E-state index is 0.159. The van der Waals surface area contributed by atoms with E-state index in [4.69, 9.17) is 9.47 Å². The molecule has 1 saturated carbocycles. The lowest BCUT2D eigenvalue weighted by Gasteiger charge is -2.26. The Balaban J connectivity index is 1.33. The Labute approximate surface area is 186 Å². The fourth-order valence-corrected chi connectivity index (χ4v) is 4.67. The first-order valence-corrected chi connectivity index (χ1v) is 11.9. The molecule has 0 atom stereocenters. The standard InChI is InChI=1S/C22H25N3O6S/c26-21(24-20-4-2-1-3-19(20)22(27)23-16-5-6-16)15-31-17-7-9-18(10-8-17)32(28,29)25-11-13-30-14-12-25/h1-4,7-10,16H,5-6,11-15H2,(H,23,27)(H,24,26). The van der Waals surface area contributed by atoms with Crippen LogP contribution < -0.4 is 15.4 Å². The molecule has 0 spiro atoms. The van der Waals surface area contributed by atoms with Crippen LogP contribution in [-0.4, -0.2) is 63.5 Å². The summed E-state index contributed by atoms with van der Waals surface area (Å²) < 4.78 is 37.4. The Kier molecular flexibility index (Phi) is 6.73. The van der Waals surface area contributed by atoms with E-state index in [1.54, 1.807) is 24.3 Å². The molecule has 0 aromatic heterocycles. The molecule has 9 nitrogen and oxygen atoms in total. The quantitative estimate of drug-likeness (QED) is 0.620. The number of amides is 2. The summed E-state index contributed by atoms with van der Waals surface area (Å²) in [5.41, 5.74) is 0.802. The number of anilines is 1. The summed E-state index contributed by atoms with van der Waals surface area (Å²) >= 11 is 0. The van der Waals surface area contributed by atoms with Crippen molar-refractivity contribution in [2.45, 2.75) is 23.8 Å². The van der Waals surface area contributed by atoms with Gasteiger partial charge in [-0.1, -0.05) is 12.1 Å². The summed E-state index contributed by atoms with van der Waals surface area (Å²) in [7, 11) is -3.59. The number of benzene rings is 2. The summed E-state index contributed by atoms with van der Waals surface area (Å²) in [5, 5.41) is 5.60. The molecule has 0 radical (unpaired) electrons. The van der Waals surface area contributed by atoms with E-state index in [1.165, 1.54) is 28.6 Å². The van der Waals surface area contributed by atoms with Crippen molar-refractivity contribution in [1.82, 2.24) is 9.62 Å². The molecule has 2 N–H and O–H groups in total. The molecule has 1 aliphatic carbocycles. The second kappa shape index (κ2) is 9.68. The number of morpholine rings is 1. The van der Waals surface area contributed by atoms with E-state index < -0.39 is 15.9 Å². The number of nitrogens with zero attached hydrogens (tertiary/aromatic N) is 1. The molecule has 2 aromatic carbocycles. The number of hydrogen-bond acceptors (Lipinski definition) is 6. The zero-order valence-corrected chi connectivity index (χ0v) is 18.3. The zero-order valence-electron chi connectivity index (χ0n) is 17.5. The summed E-state index contributed by atoms with van der Waals surface area (Å²) in [5.74, 6) is -0.288. The molecule has 32 heavy (non-hydrogen) atoms. The Bertz CT molecular complexity index is 1080. The third kappa shape index (κ3) is 5.45. The van der Waals surface area contributed by atoms with Crippen molar-refractivity contribution in [3.63, 3.8) is 0 Å². The predicted molar refractivity (Wildman–Crippen MR) is 117 cm³/mol. The van der Waals surface area contributed by atoms with Crippen molar-refractivity contribution in [2.24, 2.45) is 0 Å². The van der Waals surface area contributed by atoms with Gasteiger partial charge in [-0.2, -0.15) is 4.31 Å². The summed E-state index contributed by atoms with van der Waals surface area (Å²) in [6.45, 7) is 1.11. The fourth-order valence-electron chi connectivity index (χ4n) is 3.26. The van der Waals surface area contributed by atoms with Gasteiger partial charge < -0.3 is 20.1 Å². The lowest BCUT2D eigenvalue weighted by atomic mass is 10.1. The average Bonchev–Trinajstić information content (AvgIpc) is 3.63. The molecule has 4 rings (SSSR count). The third-order valence-corrected chi connectivity index (χ3v) is 7.07. The summed E-state index contributed by atoms with van der Waals surface area (Å²) in [6, 6.07) is 12.9. The molecular weight excluding hydrogens is 434 g/mol. The summed E-state index contributed by atoms with van der Waals surface area (Å²) in [6.07, 6.45) is 1.95. The van der Waals surface area contributed by atoms with E-state index in [9.17, 15) is 18.0 Å². The third-order valence-electron chi connectivity index (χ3n) is 5.16. The number of para-hydroxylation sites is 1. The van der Waals surface area contributed by atoms with E-state index in [0.29, 0.717) is 43.3 Å². The van der Waals surface area contributed by atoms with Crippen LogP contribution >= 0.6 is 0 Å². The van der Waals surface area contributed by atoms with Crippen LogP contribution in [0.4, 0.5) is 5.69 Å². The molecule has 1 saturated heterocycles. The molecule has 0 bridgehead atoms. The van der Waals surface area contributed by atoms with Gasteiger partial charge in [-0.25, -0.2) is 8.42 Å². The topological polar surface area (TPSA) is 114 Å². The smallest absolute Gasteiger partial charge is 0.262 e. The Morgan fingerprint density at radius 1 is 1.03 bits per heavy atom. The Hall–Kier alpha value is -2.95. The lowest BCUT2D eigenvalue weighted by Crippen LogP contribution is -2.40. The van der Waals surface area contributed by atoms with Gasteiger partial charge in [0.05, 0.1) is 29.4 Å². The maximum atomic E-state index is 12.7. The highest BCUT2D eigenvalue weighted by molar-refractivity contribution is 7.89. The van der Waals surface area contributed by atoms with Crippen LogP contribution in [0.1, 0.15) is 23.2 Å². The number of ether oxygens (including phenoxy) is 2. The van der Waals surface area contributed by atoms with Gasteiger partial charge in [-0.3, -0.25) is 9.59 Å². The van der Waals surface area contributed by atoms with Gasteiger partial charge in [0.15, 0.2) is 6.61 Å². The molecule has 1 heterocycles. The van der Waals surface area contributed by atoms with Gasteiger partial charge in [0, 0.05) is 19.1 Å². The van der Waals surface area contributed by atoms with Crippen LogP contribution in [0.15, 0.2) is 53.4 Å². The number of nitrogens with one attached hydrogen (secondary N) is 2. The van der Waals surface area contributed by atoms with Crippen LogP contribution in [0.5, 0.6) is 5.75 Å². The van der Waals surface area contributed by atoms with E-state index in [2.05, 4.69) is 10.6 Å². The highest BCUT2D eigenvalue weighted by Crippen LogP contribution is 2.22. The maximum absolute atomic E-state index is 12.7. The second-order valence-corrected chi connectivity index (χ2v) is 9.56. The highest BCUT2D eigenvalue weighted by Gasteiger charge is 2.26. The largest absolute Gasteiger partial charge is 0.484 e. The van der Waals surface area contributed by atoms with Crippen molar-refractivity contribution in [2.75, 3.05) is 38.2 Å². The Morgan fingerprint density at radius 3 is 2.41 bits per heavy atom. The van der Waals surface area contributed by atoms with Crippen molar-refractivity contribution in [3.8, 4) is 5.75 Å². The first-order valence-electron chi connectivity index (χ1n) is 10.4. The van der Waals surface area contributed by atoms with Gasteiger partial charge in [0.1, 0.15) is 5.75 Å². The molecule has 2 aromatic rings. The van der Waals surface area contributed by atoms with Crippen LogP contribution in [0, 0.1) is 0 Å². The summed E-state index contributed by atoms with van der Waals surface area (Å²) in [4.78, 5) is 24.9.